The molecule has 0 radical (unpaired) electrons. The van der Waals surface area contributed by atoms with E-state index in [-0.39, 0.29) is 17.8 Å². The Balaban J connectivity index is 1.88. The number of thiophene rings is 1. The monoisotopic (exact) mass is 334 g/mol. The second-order valence-corrected chi connectivity index (χ2v) is 6.27. The van der Waals surface area contributed by atoms with Gasteiger partial charge in [-0.25, -0.2) is 4.39 Å². The molecule has 2 heterocycles. The van der Waals surface area contributed by atoms with E-state index in [1.807, 2.05) is 25.1 Å². The molecule has 0 fully saturated rings. The predicted molar refractivity (Wildman–Crippen MR) is 86.9 cm³/mol. The summed E-state index contributed by atoms with van der Waals surface area (Å²) < 4.78 is 13.9. The van der Waals surface area contributed by atoms with E-state index < -0.39 is 0 Å². The lowest BCUT2D eigenvalue weighted by atomic mass is 10.2. The van der Waals surface area contributed by atoms with Crippen molar-refractivity contribution in [1.29, 1.82) is 0 Å². The molecule has 0 saturated heterocycles. The van der Waals surface area contributed by atoms with E-state index in [1.54, 1.807) is 12.3 Å². The average Bonchev–Trinajstić information content (AvgIpc) is 2.84. The molecule has 0 aliphatic heterocycles. The van der Waals surface area contributed by atoms with Crippen LogP contribution in [0.25, 0.3) is 10.1 Å². The third-order valence-electron chi connectivity index (χ3n) is 3.28. The van der Waals surface area contributed by atoms with Crippen LogP contribution in [-0.4, -0.2) is 10.9 Å². The lowest BCUT2D eigenvalue weighted by molar-refractivity contribution is 0.0943. The van der Waals surface area contributed by atoms with Crippen LogP contribution in [0, 0.1) is 5.82 Å². The van der Waals surface area contributed by atoms with Gasteiger partial charge in [-0.3, -0.25) is 9.78 Å². The number of halogens is 2. The minimum atomic E-state index is -0.348. The van der Waals surface area contributed by atoms with Gasteiger partial charge in [-0.05, 0) is 37.3 Å². The number of carbonyl (C=O) groups is 1. The molecule has 0 aliphatic rings. The fourth-order valence-electron chi connectivity index (χ4n) is 2.15. The molecular formula is C16H12ClFN2OS. The number of fused-ring (bicyclic) bond motifs is 1. The molecule has 1 atom stereocenters. The number of hydrogen-bond acceptors (Lipinski definition) is 3. The van der Waals surface area contributed by atoms with E-state index in [0.29, 0.717) is 20.0 Å². The number of benzene rings is 1. The Bertz CT molecular complexity index is 835. The molecule has 1 aromatic carbocycles. The summed E-state index contributed by atoms with van der Waals surface area (Å²) in [5, 5.41) is 3.90. The van der Waals surface area contributed by atoms with Gasteiger partial charge in [0.2, 0.25) is 0 Å². The summed E-state index contributed by atoms with van der Waals surface area (Å²) in [4.78, 5) is 17.0. The Kier molecular flexibility index (Phi) is 4.09. The summed E-state index contributed by atoms with van der Waals surface area (Å²) in [6.07, 6.45) is 1.67. The number of nitrogens with one attached hydrogen (secondary N) is 1. The molecule has 1 amide bonds. The fourth-order valence-corrected chi connectivity index (χ4v) is 3.60. The van der Waals surface area contributed by atoms with Crippen molar-refractivity contribution >= 4 is 38.9 Å². The first-order valence-electron chi connectivity index (χ1n) is 6.65. The summed E-state index contributed by atoms with van der Waals surface area (Å²) in [6.45, 7) is 1.85. The largest absolute Gasteiger partial charge is 0.343 e. The smallest absolute Gasteiger partial charge is 0.263 e. The number of aromatic nitrogens is 1. The standard InChI is InChI=1S/C16H12ClFN2OS/c1-9(12-4-2-3-7-19-12)20-16(21)15-14(17)11-6-5-10(18)8-13(11)22-15/h2-9H,1H3,(H,20,21). The van der Waals surface area contributed by atoms with E-state index in [1.165, 1.54) is 23.5 Å². The highest BCUT2D eigenvalue weighted by atomic mass is 35.5. The fraction of sp³-hybridized carbons (Fsp3) is 0.125. The zero-order valence-electron chi connectivity index (χ0n) is 11.6. The topological polar surface area (TPSA) is 42.0 Å². The molecule has 0 aliphatic carbocycles. The molecule has 112 valence electrons. The highest BCUT2D eigenvalue weighted by Gasteiger charge is 2.19. The number of amides is 1. The number of pyridine rings is 1. The maximum Gasteiger partial charge on any atom is 0.263 e. The Morgan fingerprint density at radius 3 is 2.91 bits per heavy atom. The van der Waals surface area contributed by atoms with Gasteiger partial charge in [-0.1, -0.05) is 17.7 Å². The van der Waals surface area contributed by atoms with E-state index in [9.17, 15) is 9.18 Å². The molecule has 2 aromatic heterocycles. The Morgan fingerprint density at radius 1 is 1.36 bits per heavy atom. The van der Waals surface area contributed by atoms with Crippen LogP contribution >= 0.6 is 22.9 Å². The van der Waals surface area contributed by atoms with Gasteiger partial charge in [0, 0.05) is 16.3 Å². The first-order chi connectivity index (χ1) is 10.6. The summed E-state index contributed by atoms with van der Waals surface area (Å²) in [7, 11) is 0. The molecular weight excluding hydrogens is 323 g/mol. The molecule has 0 bridgehead atoms. The summed E-state index contributed by atoms with van der Waals surface area (Å²) in [5.74, 6) is -0.635. The number of rotatable bonds is 3. The second-order valence-electron chi connectivity index (χ2n) is 4.84. The number of hydrogen-bond donors (Lipinski definition) is 1. The van der Waals surface area contributed by atoms with Crippen molar-refractivity contribution in [3.05, 3.63) is 64.0 Å². The van der Waals surface area contributed by atoms with Crippen molar-refractivity contribution in [2.45, 2.75) is 13.0 Å². The lowest BCUT2D eigenvalue weighted by Gasteiger charge is -2.12. The van der Waals surface area contributed by atoms with Gasteiger partial charge in [0.15, 0.2) is 0 Å². The van der Waals surface area contributed by atoms with Crippen LogP contribution in [0.15, 0.2) is 42.6 Å². The molecule has 1 unspecified atom stereocenters. The van der Waals surface area contributed by atoms with Crippen LogP contribution in [-0.2, 0) is 0 Å². The van der Waals surface area contributed by atoms with Crippen molar-refractivity contribution in [1.82, 2.24) is 10.3 Å². The molecule has 6 heteroatoms. The summed E-state index contributed by atoms with van der Waals surface area (Å²) >= 11 is 7.42. The lowest BCUT2D eigenvalue weighted by Crippen LogP contribution is -2.26. The Morgan fingerprint density at radius 2 is 2.18 bits per heavy atom. The first kappa shape index (κ1) is 14.9. The van der Waals surface area contributed by atoms with Crippen molar-refractivity contribution in [2.24, 2.45) is 0 Å². The third kappa shape index (κ3) is 2.82. The molecule has 3 nitrogen and oxygen atoms in total. The molecule has 1 N–H and O–H groups in total. The first-order valence-corrected chi connectivity index (χ1v) is 7.85. The maximum absolute atomic E-state index is 13.3. The second kappa shape index (κ2) is 6.02. The van der Waals surface area contributed by atoms with Gasteiger partial charge in [0.05, 0.1) is 16.8 Å². The van der Waals surface area contributed by atoms with E-state index in [4.69, 9.17) is 11.6 Å². The average molecular weight is 335 g/mol. The van der Waals surface area contributed by atoms with Crippen molar-refractivity contribution in [2.75, 3.05) is 0 Å². The minimum Gasteiger partial charge on any atom is -0.343 e. The summed E-state index contributed by atoms with van der Waals surface area (Å²) in [5.41, 5.74) is 0.763. The number of carbonyl (C=O) groups excluding carboxylic acids is 1. The Hall–Kier alpha value is -1.98. The van der Waals surface area contributed by atoms with Crippen LogP contribution in [0.5, 0.6) is 0 Å². The third-order valence-corrected chi connectivity index (χ3v) is 4.93. The Labute approximate surface area is 135 Å². The molecule has 0 spiro atoms. The van der Waals surface area contributed by atoms with E-state index in [0.717, 1.165) is 5.69 Å². The molecule has 3 rings (SSSR count). The van der Waals surface area contributed by atoms with Gasteiger partial charge in [0.1, 0.15) is 10.7 Å². The van der Waals surface area contributed by atoms with Crippen molar-refractivity contribution < 1.29 is 9.18 Å². The van der Waals surface area contributed by atoms with Gasteiger partial charge in [0.25, 0.3) is 5.91 Å². The van der Waals surface area contributed by atoms with Crippen LogP contribution in [0.2, 0.25) is 5.02 Å². The predicted octanol–water partition coefficient (Wildman–Crippen LogP) is 4.58. The number of nitrogens with zero attached hydrogens (tertiary/aromatic N) is 1. The van der Waals surface area contributed by atoms with Crippen molar-refractivity contribution in [3.63, 3.8) is 0 Å². The zero-order valence-corrected chi connectivity index (χ0v) is 13.2. The summed E-state index contributed by atoms with van der Waals surface area (Å²) in [6, 6.07) is 9.57. The normalized spacial score (nSPS) is 12.3. The highest BCUT2D eigenvalue weighted by Crippen LogP contribution is 2.35. The van der Waals surface area contributed by atoms with Crippen LogP contribution in [0.1, 0.15) is 28.3 Å². The zero-order chi connectivity index (χ0) is 15.7. The van der Waals surface area contributed by atoms with Crippen LogP contribution in [0.4, 0.5) is 4.39 Å². The molecule has 3 aromatic rings. The van der Waals surface area contributed by atoms with Gasteiger partial charge < -0.3 is 5.32 Å². The van der Waals surface area contributed by atoms with E-state index in [2.05, 4.69) is 10.3 Å². The highest BCUT2D eigenvalue weighted by molar-refractivity contribution is 7.21. The van der Waals surface area contributed by atoms with Crippen LogP contribution in [0.3, 0.4) is 0 Å². The van der Waals surface area contributed by atoms with E-state index >= 15 is 0 Å². The molecule has 0 saturated carbocycles. The SMILES string of the molecule is CC(NC(=O)c1sc2cc(F)ccc2c1Cl)c1ccccn1. The van der Waals surface area contributed by atoms with Gasteiger partial charge >= 0.3 is 0 Å². The van der Waals surface area contributed by atoms with Crippen LogP contribution < -0.4 is 5.32 Å². The molecule has 22 heavy (non-hydrogen) atoms. The maximum atomic E-state index is 13.3. The minimum absolute atomic E-state index is 0.244. The quantitative estimate of drug-likeness (QED) is 0.761. The van der Waals surface area contributed by atoms with Gasteiger partial charge in [-0.2, -0.15) is 0 Å². The van der Waals surface area contributed by atoms with Crippen molar-refractivity contribution in [3.8, 4) is 0 Å². The van der Waals surface area contributed by atoms with Gasteiger partial charge in [-0.15, -0.1) is 11.3 Å².